The lowest BCUT2D eigenvalue weighted by Gasteiger charge is -2.21. The van der Waals surface area contributed by atoms with E-state index in [1.165, 1.54) is 0 Å². The second-order valence-corrected chi connectivity index (χ2v) is 9.18. The lowest BCUT2D eigenvalue weighted by Crippen LogP contribution is -2.35. The Morgan fingerprint density at radius 2 is 2.12 bits per heavy atom. The van der Waals surface area contributed by atoms with Gasteiger partial charge in [0.25, 0.3) is 5.91 Å². The number of aromatic amines is 1. The highest BCUT2D eigenvalue weighted by Gasteiger charge is 2.41. The number of hydrogen-bond acceptors (Lipinski definition) is 6. The molecule has 32 heavy (non-hydrogen) atoms. The van der Waals surface area contributed by atoms with E-state index in [1.807, 2.05) is 18.5 Å². The van der Waals surface area contributed by atoms with Gasteiger partial charge in [-0.05, 0) is 36.8 Å². The van der Waals surface area contributed by atoms with Crippen LogP contribution >= 0.6 is 0 Å². The van der Waals surface area contributed by atoms with Gasteiger partial charge in [-0.2, -0.15) is 10.4 Å². The standard InChI is InChI=1S/C23H26N8O/c24-3-1-6-30-12-14-8-16(9-15(14)13-30)28-21-17-2-4-25-22(17)27-11-18(21)19-10-20-23(32)26-5-7-31(20)29-19/h2,4,10-11,14-16H,1,5-9,12-13H2,(H,26,32)(H2,25,27,28)/t14-,15+,16?. The molecule has 1 unspecified atom stereocenters. The third kappa shape index (κ3) is 3.22. The minimum absolute atomic E-state index is 0.0789. The zero-order valence-electron chi connectivity index (χ0n) is 17.8. The number of nitrogens with one attached hydrogen (secondary N) is 3. The molecule has 0 bridgehead atoms. The van der Waals surface area contributed by atoms with Crippen molar-refractivity contribution < 1.29 is 4.79 Å². The number of H-pyrrole nitrogens is 1. The zero-order valence-corrected chi connectivity index (χ0v) is 17.8. The first kappa shape index (κ1) is 19.3. The topological polar surface area (TPSA) is 115 Å². The van der Waals surface area contributed by atoms with Crippen molar-refractivity contribution in [3.05, 3.63) is 30.2 Å². The molecule has 2 fully saturated rings. The molecule has 3 aromatic heterocycles. The fourth-order valence-corrected chi connectivity index (χ4v) is 5.73. The highest BCUT2D eigenvalue weighted by Crippen LogP contribution is 2.41. The van der Waals surface area contributed by atoms with Crippen LogP contribution < -0.4 is 10.6 Å². The van der Waals surface area contributed by atoms with Gasteiger partial charge >= 0.3 is 0 Å². The molecule has 1 amide bonds. The molecule has 3 N–H and O–H groups in total. The van der Waals surface area contributed by atoms with E-state index in [4.69, 9.17) is 10.4 Å². The highest BCUT2D eigenvalue weighted by molar-refractivity contribution is 5.99. The second kappa shape index (κ2) is 7.64. The summed E-state index contributed by atoms with van der Waals surface area (Å²) in [7, 11) is 0. The van der Waals surface area contributed by atoms with E-state index in [2.05, 4.69) is 37.6 Å². The third-order valence-corrected chi connectivity index (χ3v) is 7.20. The summed E-state index contributed by atoms with van der Waals surface area (Å²) in [6.07, 6.45) is 6.63. The number of likely N-dealkylation sites (tertiary alicyclic amines) is 1. The summed E-state index contributed by atoms with van der Waals surface area (Å²) < 4.78 is 1.79. The number of carbonyl (C=O) groups excluding carboxylic acids is 1. The first-order valence-corrected chi connectivity index (χ1v) is 11.4. The van der Waals surface area contributed by atoms with Crippen LogP contribution in [0.5, 0.6) is 0 Å². The molecule has 6 rings (SSSR count). The predicted octanol–water partition coefficient (Wildman–Crippen LogP) is 2.21. The van der Waals surface area contributed by atoms with Crippen LogP contribution in [0.3, 0.4) is 0 Å². The van der Waals surface area contributed by atoms with Gasteiger partial charge in [0.2, 0.25) is 0 Å². The zero-order chi connectivity index (χ0) is 21.7. The van der Waals surface area contributed by atoms with E-state index >= 15 is 0 Å². The number of amides is 1. The predicted molar refractivity (Wildman–Crippen MR) is 120 cm³/mol. The van der Waals surface area contributed by atoms with E-state index in [1.54, 1.807) is 4.68 Å². The Labute approximate surface area is 185 Å². The average Bonchev–Trinajstić information content (AvgIpc) is 3.55. The smallest absolute Gasteiger partial charge is 0.269 e. The van der Waals surface area contributed by atoms with Crippen molar-refractivity contribution in [3.8, 4) is 17.3 Å². The largest absolute Gasteiger partial charge is 0.381 e. The van der Waals surface area contributed by atoms with Crippen molar-refractivity contribution in [1.82, 2.24) is 30.0 Å². The number of anilines is 1. The quantitative estimate of drug-likeness (QED) is 0.572. The highest BCUT2D eigenvalue weighted by atomic mass is 16.2. The summed E-state index contributed by atoms with van der Waals surface area (Å²) in [5, 5.41) is 21.4. The van der Waals surface area contributed by atoms with Gasteiger partial charge in [-0.3, -0.25) is 9.48 Å². The van der Waals surface area contributed by atoms with Gasteiger partial charge in [-0.15, -0.1) is 0 Å². The van der Waals surface area contributed by atoms with Crippen LogP contribution in [0.4, 0.5) is 5.69 Å². The van der Waals surface area contributed by atoms with Crippen LogP contribution in [0.2, 0.25) is 0 Å². The van der Waals surface area contributed by atoms with Crippen molar-refractivity contribution in [1.29, 1.82) is 5.26 Å². The number of pyridine rings is 1. The lowest BCUT2D eigenvalue weighted by molar-refractivity contribution is 0.0924. The molecule has 1 saturated heterocycles. The number of aromatic nitrogens is 4. The molecule has 1 saturated carbocycles. The summed E-state index contributed by atoms with van der Waals surface area (Å²) in [5.41, 5.74) is 4.19. The molecule has 3 aliphatic rings. The maximum Gasteiger partial charge on any atom is 0.269 e. The Morgan fingerprint density at radius 1 is 1.28 bits per heavy atom. The fraction of sp³-hybridized carbons (Fsp3) is 0.478. The number of rotatable bonds is 5. The van der Waals surface area contributed by atoms with Crippen molar-refractivity contribution in [2.75, 3.05) is 31.5 Å². The Hall–Kier alpha value is -3.38. The number of carbonyl (C=O) groups is 1. The molecule has 1 aliphatic carbocycles. The van der Waals surface area contributed by atoms with E-state index in [-0.39, 0.29) is 5.91 Å². The SMILES string of the molecule is N#CCCN1C[C@H]2CC(Nc3c(-c4cc5n(n4)CCNC5=O)cnc4[nH]ccc34)C[C@H]2C1. The lowest BCUT2D eigenvalue weighted by atomic mass is 10.0. The summed E-state index contributed by atoms with van der Waals surface area (Å²) in [6, 6.07) is 6.57. The van der Waals surface area contributed by atoms with Crippen LogP contribution in [0.25, 0.3) is 22.3 Å². The van der Waals surface area contributed by atoms with Crippen molar-refractivity contribution in [2.45, 2.75) is 31.8 Å². The van der Waals surface area contributed by atoms with Crippen molar-refractivity contribution in [3.63, 3.8) is 0 Å². The molecule has 3 atom stereocenters. The van der Waals surface area contributed by atoms with Gasteiger partial charge in [0.05, 0.1) is 24.0 Å². The Bertz CT molecular complexity index is 1210. The van der Waals surface area contributed by atoms with Crippen molar-refractivity contribution in [2.24, 2.45) is 11.8 Å². The van der Waals surface area contributed by atoms with E-state index in [0.29, 0.717) is 43.1 Å². The molecule has 164 valence electrons. The van der Waals surface area contributed by atoms with Crippen LogP contribution in [-0.4, -0.2) is 62.8 Å². The normalized spacial score (nSPS) is 24.8. The van der Waals surface area contributed by atoms with Crippen LogP contribution in [-0.2, 0) is 6.54 Å². The minimum Gasteiger partial charge on any atom is -0.381 e. The Morgan fingerprint density at radius 3 is 2.91 bits per heavy atom. The van der Waals surface area contributed by atoms with Gasteiger partial charge in [-0.25, -0.2) is 4.98 Å². The van der Waals surface area contributed by atoms with Gasteiger partial charge in [-0.1, -0.05) is 0 Å². The molecule has 9 nitrogen and oxygen atoms in total. The molecule has 3 aromatic rings. The summed E-state index contributed by atoms with van der Waals surface area (Å²) in [4.78, 5) is 22.5. The molecule has 0 aromatic carbocycles. The Balaban J connectivity index is 1.28. The summed E-state index contributed by atoms with van der Waals surface area (Å²) >= 11 is 0. The van der Waals surface area contributed by atoms with E-state index < -0.39 is 0 Å². The van der Waals surface area contributed by atoms with Gasteiger partial charge in [0, 0.05) is 62.0 Å². The molecule has 2 aliphatic heterocycles. The molecular formula is C23H26N8O. The van der Waals surface area contributed by atoms with Crippen LogP contribution in [0.1, 0.15) is 29.8 Å². The maximum absolute atomic E-state index is 12.2. The summed E-state index contributed by atoms with van der Waals surface area (Å²) in [5.74, 6) is 1.29. The van der Waals surface area contributed by atoms with E-state index in [9.17, 15) is 4.79 Å². The maximum atomic E-state index is 12.2. The van der Waals surface area contributed by atoms with Gasteiger partial charge in [0.15, 0.2) is 0 Å². The first-order valence-electron chi connectivity index (χ1n) is 11.4. The molecule has 0 spiro atoms. The van der Waals surface area contributed by atoms with Crippen molar-refractivity contribution >= 4 is 22.6 Å². The number of fused-ring (bicyclic) bond motifs is 3. The number of hydrogen-bond donors (Lipinski definition) is 3. The second-order valence-electron chi connectivity index (χ2n) is 9.18. The number of nitriles is 1. The first-order chi connectivity index (χ1) is 15.7. The van der Waals surface area contributed by atoms with E-state index in [0.717, 1.165) is 60.5 Å². The van der Waals surface area contributed by atoms with Crippen LogP contribution in [0, 0.1) is 23.2 Å². The fourth-order valence-electron chi connectivity index (χ4n) is 5.73. The van der Waals surface area contributed by atoms with Gasteiger partial charge < -0.3 is 20.5 Å². The number of nitrogens with zero attached hydrogens (tertiary/aromatic N) is 5. The van der Waals surface area contributed by atoms with Gasteiger partial charge in [0.1, 0.15) is 11.3 Å². The molecule has 0 radical (unpaired) electrons. The van der Waals surface area contributed by atoms with Crippen LogP contribution in [0.15, 0.2) is 24.5 Å². The molecule has 9 heteroatoms. The molecular weight excluding hydrogens is 404 g/mol. The minimum atomic E-state index is -0.0789. The average molecular weight is 431 g/mol. The summed E-state index contributed by atoms with van der Waals surface area (Å²) in [6.45, 7) is 4.35. The monoisotopic (exact) mass is 430 g/mol. The third-order valence-electron chi connectivity index (χ3n) is 7.20. The molecule has 5 heterocycles. The Kier molecular flexibility index (Phi) is 4.61.